The molecule has 0 aliphatic heterocycles. The number of phenols is 1. The van der Waals surface area contributed by atoms with Crippen molar-refractivity contribution < 1.29 is 24.5 Å². The average molecular weight is 440 g/mol. The molecule has 0 spiro atoms. The lowest BCUT2D eigenvalue weighted by Crippen LogP contribution is -2.30. The van der Waals surface area contributed by atoms with Gasteiger partial charge in [-0.15, -0.1) is 0 Å². The molecule has 0 atom stereocenters. The Hall–Kier alpha value is -3.51. The molecule has 0 saturated heterocycles. The van der Waals surface area contributed by atoms with Crippen LogP contribution in [0.5, 0.6) is 17.2 Å². The van der Waals surface area contributed by atoms with E-state index in [2.05, 4.69) is 5.32 Å². The van der Waals surface area contributed by atoms with Gasteiger partial charge in [-0.2, -0.15) is 0 Å². The van der Waals surface area contributed by atoms with E-state index in [0.29, 0.717) is 27.6 Å². The predicted octanol–water partition coefficient (Wildman–Crippen LogP) is 4.87. The first kappa shape index (κ1) is 22.2. The minimum Gasteiger partial charge on any atom is -0.507 e. The summed E-state index contributed by atoms with van der Waals surface area (Å²) in [6.07, 6.45) is 0.00480. The van der Waals surface area contributed by atoms with Crippen molar-refractivity contribution in [1.82, 2.24) is 5.32 Å². The smallest absolute Gasteiger partial charge is 0.322 e. The van der Waals surface area contributed by atoms with Gasteiger partial charge in [0.25, 0.3) is 0 Å². The van der Waals surface area contributed by atoms with Crippen LogP contribution in [0.15, 0.2) is 54.6 Å². The number of carboxylic acids is 1. The Morgan fingerprint density at radius 3 is 2.52 bits per heavy atom. The Kier molecular flexibility index (Phi) is 6.82. The third-order valence-electron chi connectivity index (χ3n) is 4.61. The van der Waals surface area contributed by atoms with Crippen LogP contribution in [0.1, 0.15) is 16.7 Å². The third-order valence-corrected chi connectivity index (χ3v) is 4.89. The zero-order valence-electron chi connectivity index (χ0n) is 17.1. The molecule has 31 heavy (non-hydrogen) atoms. The van der Waals surface area contributed by atoms with Gasteiger partial charge >= 0.3 is 5.97 Å². The molecule has 3 aromatic rings. The number of halogens is 1. The fourth-order valence-corrected chi connectivity index (χ4v) is 3.52. The van der Waals surface area contributed by atoms with Crippen LogP contribution >= 0.6 is 11.6 Å². The summed E-state index contributed by atoms with van der Waals surface area (Å²) >= 11 is 6.40. The summed E-state index contributed by atoms with van der Waals surface area (Å²) in [5.74, 6) is -0.426. The van der Waals surface area contributed by atoms with Gasteiger partial charge in [0.1, 0.15) is 23.8 Å². The molecule has 0 radical (unpaired) electrons. The van der Waals surface area contributed by atoms with Gasteiger partial charge in [0.2, 0.25) is 5.91 Å². The number of carboxylic acid groups (broad SMARTS) is 1. The SMILES string of the molecule is Cc1cccc(-c2cc(Oc3c(C)cc(CC(=O)NCC(=O)O)cc3Cl)ccc2O)c1. The van der Waals surface area contributed by atoms with E-state index in [4.69, 9.17) is 21.4 Å². The summed E-state index contributed by atoms with van der Waals surface area (Å²) in [5.41, 5.74) is 3.95. The monoisotopic (exact) mass is 439 g/mol. The number of ether oxygens (including phenoxy) is 1. The average Bonchev–Trinajstić information content (AvgIpc) is 2.70. The van der Waals surface area contributed by atoms with Gasteiger partial charge in [-0.05, 0) is 54.8 Å². The van der Waals surface area contributed by atoms with Gasteiger partial charge in [0.05, 0.1) is 11.4 Å². The van der Waals surface area contributed by atoms with Crippen molar-refractivity contribution >= 4 is 23.5 Å². The van der Waals surface area contributed by atoms with Crippen LogP contribution in [0.25, 0.3) is 11.1 Å². The quantitative estimate of drug-likeness (QED) is 0.488. The highest BCUT2D eigenvalue weighted by Gasteiger charge is 2.14. The van der Waals surface area contributed by atoms with E-state index in [0.717, 1.165) is 16.7 Å². The lowest BCUT2D eigenvalue weighted by Gasteiger charge is -2.14. The first-order valence-corrected chi connectivity index (χ1v) is 9.96. The third kappa shape index (κ3) is 5.77. The van der Waals surface area contributed by atoms with E-state index >= 15 is 0 Å². The van der Waals surface area contributed by atoms with Crippen LogP contribution in [0.4, 0.5) is 0 Å². The molecule has 7 heteroatoms. The highest BCUT2D eigenvalue weighted by molar-refractivity contribution is 6.32. The number of hydrogen-bond donors (Lipinski definition) is 3. The van der Waals surface area contributed by atoms with Crippen molar-refractivity contribution in [3.63, 3.8) is 0 Å². The Labute approximate surface area is 185 Å². The van der Waals surface area contributed by atoms with E-state index in [1.807, 2.05) is 38.1 Å². The number of phenolic OH excluding ortho intramolecular Hbond substituents is 1. The van der Waals surface area contributed by atoms with E-state index in [-0.39, 0.29) is 12.2 Å². The molecule has 0 aromatic heterocycles. The number of aromatic hydroxyl groups is 1. The first-order valence-electron chi connectivity index (χ1n) is 9.58. The zero-order chi connectivity index (χ0) is 22.5. The Balaban J connectivity index is 1.82. The minimum atomic E-state index is -1.11. The van der Waals surface area contributed by atoms with Crippen molar-refractivity contribution in [2.45, 2.75) is 20.3 Å². The predicted molar refractivity (Wildman–Crippen MR) is 119 cm³/mol. The number of carbonyl (C=O) groups is 2. The van der Waals surface area contributed by atoms with Crippen LogP contribution in [-0.4, -0.2) is 28.6 Å². The van der Waals surface area contributed by atoms with E-state index in [1.165, 1.54) is 0 Å². The molecule has 3 N–H and O–H groups in total. The number of carbonyl (C=O) groups excluding carboxylic acids is 1. The van der Waals surface area contributed by atoms with Crippen LogP contribution < -0.4 is 10.1 Å². The van der Waals surface area contributed by atoms with E-state index in [1.54, 1.807) is 30.3 Å². The van der Waals surface area contributed by atoms with Gasteiger partial charge in [0, 0.05) is 5.56 Å². The molecule has 0 heterocycles. The molecular formula is C24H22ClNO5. The maximum atomic E-state index is 11.9. The van der Waals surface area contributed by atoms with Gasteiger partial charge in [-0.25, -0.2) is 0 Å². The van der Waals surface area contributed by atoms with Crippen molar-refractivity contribution in [2.24, 2.45) is 0 Å². The van der Waals surface area contributed by atoms with Gasteiger partial charge in [-0.3, -0.25) is 9.59 Å². The number of aliphatic carboxylic acids is 1. The summed E-state index contributed by atoms with van der Waals surface area (Å²) in [6.45, 7) is 3.35. The fourth-order valence-electron chi connectivity index (χ4n) is 3.20. The molecule has 0 bridgehead atoms. The molecule has 6 nitrogen and oxygen atoms in total. The maximum Gasteiger partial charge on any atom is 0.322 e. The molecule has 0 unspecified atom stereocenters. The van der Waals surface area contributed by atoms with E-state index < -0.39 is 18.4 Å². The van der Waals surface area contributed by atoms with Crippen LogP contribution in [0, 0.1) is 13.8 Å². The molecule has 0 aliphatic carbocycles. The van der Waals surface area contributed by atoms with Crippen molar-refractivity contribution in [1.29, 1.82) is 0 Å². The summed E-state index contributed by atoms with van der Waals surface area (Å²) in [4.78, 5) is 22.4. The van der Waals surface area contributed by atoms with Crippen LogP contribution in [0.2, 0.25) is 5.02 Å². The highest BCUT2D eigenvalue weighted by Crippen LogP contribution is 2.38. The molecular weight excluding hydrogens is 418 g/mol. The lowest BCUT2D eigenvalue weighted by atomic mass is 10.0. The number of rotatable bonds is 7. The molecule has 3 aromatic carbocycles. The summed E-state index contributed by atoms with van der Waals surface area (Å²) in [5, 5.41) is 21.6. The Morgan fingerprint density at radius 2 is 1.84 bits per heavy atom. The first-order chi connectivity index (χ1) is 14.7. The van der Waals surface area contributed by atoms with Gasteiger partial charge in [0.15, 0.2) is 0 Å². The lowest BCUT2D eigenvalue weighted by molar-refractivity contribution is -0.137. The zero-order valence-corrected chi connectivity index (χ0v) is 17.9. The standard InChI is InChI=1S/C24H22ClNO5/c1-14-4-3-5-17(8-14)19-12-18(6-7-21(19)27)31-24-15(2)9-16(10-20(24)25)11-22(28)26-13-23(29)30/h3-10,12,27H,11,13H2,1-2H3,(H,26,28)(H,29,30). The second kappa shape index (κ2) is 9.53. The highest BCUT2D eigenvalue weighted by atomic mass is 35.5. The number of benzene rings is 3. The van der Waals surface area contributed by atoms with E-state index in [9.17, 15) is 14.7 Å². The molecule has 0 fully saturated rings. The Morgan fingerprint density at radius 1 is 1.06 bits per heavy atom. The molecule has 0 aliphatic rings. The van der Waals surface area contributed by atoms with Crippen LogP contribution in [0.3, 0.4) is 0 Å². The second-order valence-corrected chi connectivity index (χ2v) is 7.63. The van der Waals surface area contributed by atoms with Crippen molar-refractivity contribution in [3.05, 3.63) is 76.3 Å². The number of amides is 1. The normalized spacial score (nSPS) is 10.5. The summed E-state index contributed by atoms with van der Waals surface area (Å²) in [7, 11) is 0. The number of hydrogen-bond acceptors (Lipinski definition) is 4. The molecule has 1 amide bonds. The molecule has 3 rings (SSSR count). The molecule has 160 valence electrons. The largest absolute Gasteiger partial charge is 0.507 e. The number of aryl methyl sites for hydroxylation is 2. The minimum absolute atomic E-state index is 0.00480. The summed E-state index contributed by atoms with van der Waals surface area (Å²) in [6, 6.07) is 16.1. The van der Waals surface area contributed by atoms with Crippen molar-refractivity contribution in [3.8, 4) is 28.4 Å². The number of nitrogens with one attached hydrogen (secondary N) is 1. The molecule has 0 saturated carbocycles. The topological polar surface area (TPSA) is 95.9 Å². The van der Waals surface area contributed by atoms with Crippen LogP contribution in [-0.2, 0) is 16.0 Å². The summed E-state index contributed by atoms with van der Waals surface area (Å²) < 4.78 is 6.00. The van der Waals surface area contributed by atoms with Gasteiger partial charge in [-0.1, -0.05) is 47.5 Å². The maximum absolute atomic E-state index is 11.9. The fraction of sp³-hybridized carbons (Fsp3) is 0.167. The Bertz CT molecular complexity index is 1120. The second-order valence-electron chi connectivity index (χ2n) is 7.22. The van der Waals surface area contributed by atoms with Gasteiger partial charge < -0.3 is 20.3 Å². The van der Waals surface area contributed by atoms with Crippen molar-refractivity contribution in [2.75, 3.05) is 6.54 Å².